The number of alkyl halides is 3. The fourth-order valence-corrected chi connectivity index (χ4v) is 0.814. The number of rotatable bonds is 3. The summed E-state index contributed by atoms with van der Waals surface area (Å²) in [6.45, 7) is 1.71. The standard InChI is InChI=1S/C6H7F3S2/c1-2-4(10)3-5(11)6(7,8)9/h2-3H2,1H3. The summed E-state index contributed by atoms with van der Waals surface area (Å²) >= 11 is 8.73. The first-order valence-electron chi connectivity index (χ1n) is 2.99. The average Bonchev–Trinajstić information content (AvgIpc) is 1.85. The Morgan fingerprint density at radius 3 is 2.00 bits per heavy atom. The second kappa shape index (κ2) is 4.11. The molecular weight excluding hydrogens is 193 g/mol. The number of hydrogen-bond acceptors (Lipinski definition) is 2. The quantitative estimate of drug-likeness (QED) is 0.642. The molecule has 0 saturated heterocycles. The average molecular weight is 200 g/mol. The fourth-order valence-electron chi connectivity index (χ4n) is 0.404. The van der Waals surface area contributed by atoms with Crippen LogP contribution >= 0.6 is 24.4 Å². The minimum Gasteiger partial charge on any atom is -0.166 e. The van der Waals surface area contributed by atoms with Crippen molar-refractivity contribution in [2.45, 2.75) is 25.9 Å². The molecule has 0 aromatic rings. The van der Waals surface area contributed by atoms with Crippen LogP contribution in [0.4, 0.5) is 13.2 Å². The van der Waals surface area contributed by atoms with Gasteiger partial charge in [0, 0.05) is 6.42 Å². The Bertz CT molecular complexity index is 171. The largest absolute Gasteiger partial charge is 0.422 e. The Morgan fingerprint density at radius 1 is 1.27 bits per heavy atom. The van der Waals surface area contributed by atoms with Gasteiger partial charge < -0.3 is 0 Å². The van der Waals surface area contributed by atoms with Gasteiger partial charge in [-0.15, -0.1) is 0 Å². The lowest BCUT2D eigenvalue weighted by atomic mass is 10.2. The summed E-state index contributed by atoms with van der Waals surface area (Å²) in [5, 5.41) is 0. The molecule has 0 spiro atoms. The zero-order valence-electron chi connectivity index (χ0n) is 5.86. The van der Waals surface area contributed by atoms with E-state index in [9.17, 15) is 13.2 Å². The summed E-state index contributed by atoms with van der Waals surface area (Å²) in [6.07, 6.45) is -4.19. The Morgan fingerprint density at radius 2 is 1.73 bits per heavy atom. The molecule has 0 saturated carbocycles. The highest BCUT2D eigenvalue weighted by molar-refractivity contribution is 7.82. The molecule has 64 valence electrons. The summed E-state index contributed by atoms with van der Waals surface area (Å²) in [5.74, 6) is 0. The zero-order chi connectivity index (χ0) is 9.07. The minimum absolute atomic E-state index is 0.287. The summed E-state index contributed by atoms with van der Waals surface area (Å²) in [5.41, 5.74) is 0. The minimum atomic E-state index is -4.37. The van der Waals surface area contributed by atoms with Crippen molar-refractivity contribution in [2.75, 3.05) is 0 Å². The van der Waals surface area contributed by atoms with Gasteiger partial charge in [0.1, 0.15) is 4.86 Å². The van der Waals surface area contributed by atoms with Gasteiger partial charge in [0.2, 0.25) is 0 Å². The predicted molar refractivity (Wildman–Crippen MR) is 46.2 cm³/mol. The predicted octanol–water partition coefficient (Wildman–Crippen LogP) is 3.09. The molecule has 0 radical (unpaired) electrons. The molecule has 0 nitrogen and oxygen atoms in total. The molecule has 0 fully saturated rings. The van der Waals surface area contributed by atoms with Crippen molar-refractivity contribution in [1.29, 1.82) is 0 Å². The summed E-state index contributed by atoms with van der Waals surface area (Å²) in [6, 6.07) is 0. The Balaban J connectivity index is 3.99. The molecular formula is C6H7F3S2. The topological polar surface area (TPSA) is 0 Å². The number of hydrogen-bond donors (Lipinski definition) is 0. The molecule has 0 heterocycles. The van der Waals surface area contributed by atoms with E-state index in [0.29, 0.717) is 11.3 Å². The molecule has 0 aliphatic heterocycles. The van der Waals surface area contributed by atoms with Crippen molar-refractivity contribution in [3.05, 3.63) is 0 Å². The lowest BCUT2D eigenvalue weighted by Crippen LogP contribution is -2.22. The van der Waals surface area contributed by atoms with Crippen molar-refractivity contribution in [3.63, 3.8) is 0 Å². The van der Waals surface area contributed by atoms with Crippen molar-refractivity contribution < 1.29 is 13.2 Å². The first-order chi connectivity index (χ1) is 4.88. The lowest BCUT2D eigenvalue weighted by Gasteiger charge is -2.06. The summed E-state index contributed by atoms with van der Waals surface area (Å²) < 4.78 is 35.2. The van der Waals surface area contributed by atoms with Crippen LogP contribution in [0.25, 0.3) is 0 Å². The first kappa shape index (κ1) is 11.0. The van der Waals surface area contributed by atoms with Crippen molar-refractivity contribution in [2.24, 2.45) is 0 Å². The van der Waals surface area contributed by atoms with Crippen molar-refractivity contribution >= 4 is 34.2 Å². The molecule has 0 aromatic heterocycles. The van der Waals surface area contributed by atoms with Crippen LogP contribution in [-0.2, 0) is 0 Å². The third-order valence-corrected chi connectivity index (χ3v) is 1.88. The molecule has 0 N–H and O–H groups in total. The molecule has 0 aromatic carbocycles. The lowest BCUT2D eigenvalue weighted by molar-refractivity contribution is -0.0572. The van der Waals surface area contributed by atoms with E-state index < -0.39 is 11.0 Å². The molecule has 0 rings (SSSR count). The summed E-state index contributed by atoms with van der Waals surface area (Å²) in [4.78, 5) is -0.573. The second-order valence-electron chi connectivity index (χ2n) is 1.99. The Kier molecular flexibility index (Phi) is 4.10. The zero-order valence-corrected chi connectivity index (χ0v) is 7.50. The fraction of sp³-hybridized carbons (Fsp3) is 0.667. The molecule has 0 aliphatic rings. The van der Waals surface area contributed by atoms with Crippen LogP contribution in [0.15, 0.2) is 0 Å². The maximum atomic E-state index is 11.7. The van der Waals surface area contributed by atoms with Gasteiger partial charge in [-0.1, -0.05) is 31.4 Å². The second-order valence-corrected chi connectivity index (χ2v) is 3.06. The number of halogens is 3. The molecule has 0 aliphatic carbocycles. The Labute approximate surface area is 73.8 Å². The highest BCUT2D eigenvalue weighted by Crippen LogP contribution is 2.20. The van der Waals surface area contributed by atoms with Gasteiger partial charge in [-0.2, -0.15) is 13.2 Å². The van der Waals surface area contributed by atoms with Crippen molar-refractivity contribution in [3.8, 4) is 0 Å². The van der Waals surface area contributed by atoms with E-state index in [4.69, 9.17) is 0 Å². The van der Waals surface area contributed by atoms with E-state index in [-0.39, 0.29) is 6.42 Å². The van der Waals surface area contributed by atoms with Crippen LogP contribution in [0.3, 0.4) is 0 Å². The summed E-state index contributed by atoms with van der Waals surface area (Å²) in [7, 11) is 0. The van der Waals surface area contributed by atoms with Crippen molar-refractivity contribution in [1.82, 2.24) is 0 Å². The highest BCUT2D eigenvalue weighted by atomic mass is 32.1. The molecule has 5 heteroatoms. The van der Waals surface area contributed by atoms with E-state index in [2.05, 4.69) is 24.4 Å². The van der Waals surface area contributed by atoms with Crippen LogP contribution in [0.5, 0.6) is 0 Å². The third-order valence-electron chi connectivity index (χ3n) is 1.07. The Hall–Kier alpha value is -0.0300. The van der Waals surface area contributed by atoms with Gasteiger partial charge >= 0.3 is 6.18 Å². The molecule has 0 amide bonds. The molecule has 0 atom stereocenters. The first-order valence-corrected chi connectivity index (χ1v) is 3.81. The van der Waals surface area contributed by atoms with Crippen LogP contribution in [-0.4, -0.2) is 15.9 Å². The van der Waals surface area contributed by atoms with Crippen LogP contribution in [0.1, 0.15) is 19.8 Å². The molecule has 0 unspecified atom stereocenters. The maximum Gasteiger partial charge on any atom is 0.422 e. The normalized spacial score (nSPS) is 11.3. The maximum absolute atomic E-state index is 11.7. The monoisotopic (exact) mass is 200 g/mol. The van der Waals surface area contributed by atoms with Gasteiger partial charge in [0.25, 0.3) is 0 Å². The van der Waals surface area contributed by atoms with Gasteiger partial charge in [-0.05, 0) is 11.3 Å². The highest BCUT2D eigenvalue weighted by Gasteiger charge is 2.33. The molecule has 11 heavy (non-hydrogen) atoms. The van der Waals surface area contributed by atoms with Gasteiger partial charge in [0.05, 0.1) is 0 Å². The van der Waals surface area contributed by atoms with E-state index >= 15 is 0 Å². The number of thiocarbonyl (C=S) groups is 2. The van der Waals surface area contributed by atoms with Gasteiger partial charge in [-0.3, -0.25) is 0 Å². The third kappa shape index (κ3) is 4.42. The van der Waals surface area contributed by atoms with Crippen LogP contribution in [0.2, 0.25) is 0 Å². The SMILES string of the molecule is CCC(=S)CC(=S)C(F)(F)F. The molecule has 0 bridgehead atoms. The van der Waals surface area contributed by atoms with E-state index in [0.717, 1.165) is 0 Å². The van der Waals surface area contributed by atoms with E-state index in [1.165, 1.54) is 0 Å². The van der Waals surface area contributed by atoms with Crippen LogP contribution < -0.4 is 0 Å². The van der Waals surface area contributed by atoms with E-state index in [1.54, 1.807) is 6.92 Å². The van der Waals surface area contributed by atoms with Gasteiger partial charge in [0.15, 0.2) is 0 Å². The van der Waals surface area contributed by atoms with Crippen LogP contribution in [0, 0.1) is 0 Å². The smallest absolute Gasteiger partial charge is 0.166 e. The van der Waals surface area contributed by atoms with Gasteiger partial charge in [-0.25, -0.2) is 0 Å². The van der Waals surface area contributed by atoms with E-state index in [1.807, 2.05) is 0 Å².